The molecule has 0 heterocycles. The minimum Gasteiger partial charge on any atom is -0.508 e. The van der Waals surface area contributed by atoms with Gasteiger partial charge in [0.1, 0.15) is 23.9 Å². The molecule has 0 spiro atoms. The third-order valence-corrected chi connectivity index (χ3v) is 4.83. The molecule has 1 aromatic rings. The van der Waals surface area contributed by atoms with Crippen LogP contribution in [0.25, 0.3) is 0 Å². The average molecular weight is 441 g/mol. The fourth-order valence-electron chi connectivity index (χ4n) is 2.48. The van der Waals surface area contributed by atoms with Gasteiger partial charge in [0.05, 0.1) is 6.54 Å². The SMILES string of the molecule is CSCCC(NC(=O)C(Cc1ccc(O)cc1)NC(=O)CN)C(=O)NC(C)C(=O)O. The summed E-state index contributed by atoms with van der Waals surface area (Å²) < 4.78 is 0. The molecule has 0 saturated carbocycles. The maximum absolute atomic E-state index is 12.8. The van der Waals surface area contributed by atoms with Gasteiger partial charge in [0, 0.05) is 6.42 Å². The van der Waals surface area contributed by atoms with Crippen molar-refractivity contribution in [3.8, 4) is 5.75 Å². The molecule has 0 aromatic heterocycles. The van der Waals surface area contributed by atoms with E-state index in [-0.39, 0.29) is 25.1 Å². The van der Waals surface area contributed by atoms with Gasteiger partial charge in [0.25, 0.3) is 0 Å². The molecule has 0 saturated heterocycles. The van der Waals surface area contributed by atoms with Gasteiger partial charge in [-0.1, -0.05) is 12.1 Å². The Kier molecular flexibility index (Phi) is 10.7. The van der Waals surface area contributed by atoms with Gasteiger partial charge in [-0.05, 0) is 43.0 Å². The van der Waals surface area contributed by atoms with Crippen molar-refractivity contribution < 1.29 is 29.4 Å². The van der Waals surface area contributed by atoms with Gasteiger partial charge >= 0.3 is 5.97 Å². The molecule has 30 heavy (non-hydrogen) atoms. The van der Waals surface area contributed by atoms with E-state index in [0.29, 0.717) is 11.3 Å². The Morgan fingerprint density at radius 2 is 1.63 bits per heavy atom. The third kappa shape index (κ3) is 8.70. The Bertz CT molecular complexity index is 743. The summed E-state index contributed by atoms with van der Waals surface area (Å²) in [5.74, 6) is -2.35. The first-order valence-corrected chi connectivity index (χ1v) is 10.7. The van der Waals surface area contributed by atoms with Crippen LogP contribution >= 0.6 is 11.8 Å². The summed E-state index contributed by atoms with van der Waals surface area (Å²) in [6.45, 7) is 1.01. The van der Waals surface area contributed by atoms with E-state index in [1.54, 1.807) is 12.1 Å². The quantitative estimate of drug-likeness (QED) is 0.245. The Morgan fingerprint density at radius 3 is 2.17 bits per heavy atom. The number of phenols is 1. The monoisotopic (exact) mass is 440 g/mol. The molecule has 3 unspecified atom stereocenters. The van der Waals surface area contributed by atoms with E-state index in [4.69, 9.17) is 10.8 Å². The largest absolute Gasteiger partial charge is 0.508 e. The molecule has 7 N–H and O–H groups in total. The van der Waals surface area contributed by atoms with Gasteiger partial charge < -0.3 is 31.9 Å². The first kappa shape index (κ1) is 25.2. The summed E-state index contributed by atoms with van der Waals surface area (Å²) in [6, 6.07) is 3.04. The molecule has 3 amide bonds. The predicted octanol–water partition coefficient (Wildman–Crippen LogP) is -0.795. The number of nitrogens with one attached hydrogen (secondary N) is 3. The highest BCUT2D eigenvalue weighted by atomic mass is 32.2. The summed E-state index contributed by atoms with van der Waals surface area (Å²) in [5, 5.41) is 25.8. The fraction of sp³-hybridized carbons (Fsp3) is 0.474. The topological polar surface area (TPSA) is 171 Å². The molecule has 0 aliphatic carbocycles. The summed E-state index contributed by atoms with van der Waals surface area (Å²) in [5.41, 5.74) is 6.01. The number of carbonyl (C=O) groups excluding carboxylic acids is 3. The van der Waals surface area contributed by atoms with Gasteiger partial charge in [-0.25, -0.2) is 0 Å². The molecule has 0 fully saturated rings. The lowest BCUT2D eigenvalue weighted by atomic mass is 10.0. The van der Waals surface area contributed by atoms with Crippen LogP contribution in [0.2, 0.25) is 0 Å². The van der Waals surface area contributed by atoms with Crippen molar-refractivity contribution in [1.29, 1.82) is 0 Å². The second kappa shape index (κ2) is 12.7. The second-order valence-electron chi connectivity index (χ2n) is 6.61. The number of hydrogen-bond donors (Lipinski definition) is 6. The summed E-state index contributed by atoms with van der Waals surface area (Å²) in [6.07, 6.45) is 2.23. The number of thioether (sulfide) groups is 1. The lowest BCUT2D eigenvalue weighted by molar-refractivity contribution is -0.141. The van der Waals surface area contributed by atoms with E-state index in [0.717, 1.165) is 0 Å². The minimum absolute atomic E-state index is 0.0621. The van der Waals surface area contributed by atoms with Gasteiger partial charge in [-0.15, -0.1) is 0 Å². The number of phenolic OH excluding ortho intramolecular Hbond substituents is 1. The Labute approximate surface area is 179 Å². The zero-order valence-corrected chi connectivity index (χ0v) is 17.7. The van der Waals surface area contributed by atoms with Crippen molar-refractivity contribution in [3.05, 3.63) is 29.8 Å². The average Bonchev–Trinajstić information content (AvgIpc) is 2.71. The molecule has 0 aliphatic heterocycles. The van der Waals surface area contributed by atoms with E-state index in [9.17, 15) is 24.3 Å². The highest BCUT2D eigenvalue weighted by Crippen LogP contribution is 2.12. The van der Waals surface area contributed by atoms with E-state index < -0.39 is 41.8 Å². The van der Waals surface area contributed by atoms with Crippen molar-refractivity contribution >= 4 is 35.5 Å². The first-order valence-electron chi connectivity index (χ1n) is 9.27. The molecular weight excluding hydrogens is 412 g/mol. The second-order valence-corrected chi connectivity index (χ2v) is 7.59. The number of carbonyl (C=O) groups is 4. The number of aromatic hydroxyl groups is 1. The molecule has 0 bridgehead atoms. The van der Waals surface area contributed by atoms with Gasteiger partial charge in [0.15, 0.2) is 0 Å². The van der Waals surface area contributed by atoms with Crippen LogP contribution in [0, 0.1) is 0 Å². The Balaban J connectivity index is 2.95. The van der Waals surface area contributed by atoms with Crippen molar-refractivity contribution in [1.82, 2.24) is 16.0 Å². The molecule has 11 heteroatoms. The molecule has 0 aliphatic rings. The van der Waals surface area contributed by atoms with Crippen molar-refractivity contribution in [2.75, 3.05) is 18.6 Å². The number of amides is 3. The van der Waals surface area contributed by atoms with Crippen LogP contribution in [0.1, 0.15) is 18.9 Å². The van der Waals surface area contributed by atoms with Crippen LogP contribution in [0.3, 0.4) is 0 Å². The number of carboxylic acid groups (broad SMARTS) is 1. The van der Waals surface area contributed by atoms with E-state index >= 15 is 0 Å². The highest BCUT2D eigenvalue weighted by Gasteiger charge is 2.28. The molecule has 3 atom stereocenters. The van der Waals surface area contributed by atoms with Gasteiger partial charge in [-0.3, -0.25) is 19.2 Å². The van der Waals surface area contributed by atoms with Crippen LogP contribution in [0.15, 0.2) is 24.3 Å². The Morgan fingerprint density at radius 1 is 1.03 bits per heavy atom. The molecule has 166 valence electrons. The van der Waals surface area contributed by atoms with E-state index in [1.807, 2.05) is 6.26 Å². The van der Waals surface area contributed by atoms with Crippen molar-refractivity contribution in [3.63, 3.8) is 0 Å². The van der Waals surface area contributed by atoms with Crippen molar-refractivity contribution in [2.24, 2.45) is 5.73 Å². The summed E-state index contributed by atoms with van der Waals surface area (Å²) >= 11 is 1.47. The highest BCUT2D eigenvalue weighted by molar-refractivity contribution is 7.98. The number of rotatable bonds is 12. The molecular formula is C19H28N4O6S. The van der Waals surface area contributed by atoms with E-state index in [1.165, 1.54) is 30.8 Å². The maximum atomic E-state index is 12.8. The number of hydrogen-bond acceptors (Lipinski definition) is 7. The van der Waals surface area contributed by atoms with Crippen LogP contribution in [-0.4, -0.2) is 70.6 Å². The molecule has 10 nitrogen and oxygen atoms in total. The standard InChI is InChI=1S/C19H28N4O6S/c1-11(19(28)29)21-17(26)14(7-8-30-2)23-18(27)15(22-16(25)10-20)9-12-3-5-13(24)6-4-12/h3-6,11,14-15,24H,7-10,20H2,1-2H3,(H,21,26)(H,22,25)(H,23,27)(H,28,29). The predicted molar refractivity (Wildman–Crippen MR) is 113 cm³/mol. The molecule has 1 rings (SSSR count). The van der Waals surface area contributed by atoms with Gasteiger partial charge in [0.2, 0.25) is 17.7 Å². The Hall–Kier alpha value is -2.79. The molecule has 1 aromatic carbocycles. The number of aliphatic carboxylic acids is 1. The fourth-order valence-corrected chi connectivity index (χ4v) is 2.95. The number of nitrogens with two attached hydrogens (primary N) is 1. The van der Waals surface area contributed by atoms with Crippen LogP contribution in [0.5, 0.6) is 5.75 Å². The first-order chi connectivity index (χ1) is 14.2. The maximum Gasteiger partial charge on any atom is 0.325 e. The minimum atomic E-state index is -1.20. The smallest absolute Gasteiger partial charge is 0.325 e. The summed E-state index contributed by atoms with van der Waals surface area (Å²) in [7, 11) is 0. The van der Waals surface area contributed by atoms with Crippen LogP contribution < -0.4 is 21.7 Å². The number of carboxylic acids is 1. The zero-order valence-electron chi connectivity index (χ0n) is 16.9. The third-order valence-electron chi connectivity index (χ3n) is 4.19. The van der Waals surface area contributed by atoms with Gasteiger partial charge in [-0.2, -0.15) is 11.8 Å². The van der Waals surface area contributed by atoms with Crippen LogP contribution in [0.4, 0.5) is 0 Å². The normalized spacial score (nSPS) is 13.6. The summed E-state index contributed by atoms with van der Waals surface area (Å²) in [4.78, 5) is 48.1. The molecule has 0 radical (unpaired) electrons. The van der Waals surface area contributed by atoms with Crippen LogP contribution in [-0.2, 0) is 25.6 Å². The van der Waals surface area contributed by atoms with Crippen molar-refractivity contribution in [2.45, 2.75) is 37.9 Å². The number of benzene rings is 1. The van der Waals surface area contributed by atoms with E-state index in [2.05, 4.69) is 16.0 Å². The zero-order chi connectivity index (χ0) is 22.7. The lowest BCUT2D eigenvalue weighted by Gasteiger charge is -2.24. The lowest BCUT2D eigenvalue weighted by Crippen LogP contribution is -2.56.